The molecule has 0 bridgehead atoms. The van der Waals surface area contributed by atoms with Crippen LogP contribution in [0.2, 0.25) is 0 Å². The quantitative estimate of drug-likeness (QED) is 0.828. The van der Waals surface area contributed by atoms with Crippen LogP contribution < -0.4 is 5.32 Å². The van der Waals surface area contributed by atoms with Gasteiger partial charge in [0.25, 0.3) is 0 Å². The monoisotopic (exact) mass is 263 g/mol. The second-order valence-corrected chi connectivity index (χ2v) is 4.97. The van der Waals surface area contributed by atoms with E-state index in [4.69, 9.17) is 0 Å². The Morgan fingerprint density at radius 2 is 1.69 bits per heavy atom. The van der Waals surface area contributed by atoms with Crippen LogP contribution in [0.25, 0.3) is 0 Å². The number of carbonyl (C=O) groups is 1. The second-order valence-electron chi connectivity index (χ2n) is 4.97. The van der Waals surface area contributed by atoms with Crippen molar-refractivity contribution in [2.75, 3.05) is 6.54 Å². The molecule has 2 nitrogen and oxygen atoms in total. The van der Waals surface area contributed by atoms with Crippen molar-refractivity contribution in [3.05, 3.63) is 0 Å². The van der Waals surface area contributed by atoms with Crippen molar-refractivity contribution >= 4 is 32.8 Å². The Labute approximate surface area is 113 Å². The molecule has 16 heavy (non-hydrogen) atoms. The molecule has 1 heterocycles. The second kappa shape index (κ2) is 7.62. The number of hydrogen-bond acceptors (Lipinski definition) is 2. The van der Waals surface area contributed by atoms with E-state index in [2.05, 4.69) is 5.32 Å². The van der Waals surface area contributed by atoms with Gasteiger partial charge in [-0.15, -0.1) is 0 Å². The van der Waals surface area contributed by atoms with Gasteiger partial charge in [0, 0.05) is 0 Å². The topological polar surface area (TPSA) is 29.1 Å². The summed E-state index contributed by atoms with van der Waals surface area (Å²) in [5, 5.41) is 3.35. The average Bonchev–Trinajstić information content (AvgIpc) is 2.68. The van der Waals surface area contributed by atoms with Gasteiger partial charge in [-0.25, -0.2) is 0 Å². The normalized spacial score (nSPS) is 30.3. The van der Waals surface area contributed by atoms with Crippen LogP contribution in [-0.2, 0) is 4.79 Å². The van der Waals surface area contributed by atoms with Crippen molar-refractivity contribution in [1.82, 2.24) is 5.32 Å². The largest absolute Gasteiger partial charge is 0.307 e. The highest BCUT2D eigenvalue weighted by Crippen LogP contribution is 2.34. The first-order valence-corrected chi connectivity index (χ1v) is 6.01. The lowest BCUT2D eigenvalue weighted by Gasteiger charge is -2.26. The van der Waals surface area contributed by atoms with E-state index in [1.165, 1.54) is 32.1 Å². The first kappa shape index (κ1) is 16.3. The average molecular weight is 263 g/mol. The Hall–Kier alpha value is 0.330. The fourth-order valence-corrected chi connectivity index (χ4v) is 3.04. The maximum Gasteiger partial charge on any atom is 0.146 e. The minimum atomic E-state index is 0. The molecule has 1 N–H and O–H groups in total. The Morgan fingerprint density at radius 1 is 1.06 bits per heavy atom. The highest BCUT2D eigenvalue weighted by atomic mass is 32.1. The van der Waals surface area contributed by atoms with E-state index >= 15 is 0 Å². The number of carbonyl (C=O) groups excluding carboxylic acids is 1. The highest BCUT2D eigenvalue weighted by Gasteiger charge is 2.32. The summed E-state index contributed by atoms with van der Waals surface area (Å²) in [6.45, 7) is 2.79. The summed E-state index contributed by atoms with van der Waals surface area (Å²) >= 11 is 0. The molecule has 2 fully saturated rings. The Morgan fingerprint density at radius 3 is 2.19 bits per heavy atom. The van der Waals surface area contributed by atoms with E-state index in [0.29, 0.717) is 5.78 Å². The van der Waals surface area contributed by atoms with E-state index in [-0.39, 0.29) is 33.0 Å². The molecule has 1 aliphatic carbocycles. The van der Waals surface area contributed by atoms with Crippen molar-refractivity contribution in [3.63, 3.8) is 0 Å². The fourth-order valence-electron chi connectivity index (χ4n) is 3.04. The first-order valence-electron chi connectivity index (χ1n) is 6.01. The van der Waals surface area contributed by atoms with Crippen molar-refractivity contribution in [2.24, 2.45) is 11.8 Å². The van der Waals surface area contributed by atoms with Crippen molar-refractivity contribution in [1.29, 1.82) is 0 Å². The summed E-state index contributed by atoms with van der Waals surface area (Å²) < 4.78 is 0. The predicted octanol–water partition coefficient (Wildman–Crippen LogP) is 2.36. The Bertz CT molecular complexity index is 217. The summed E-state index contributed by atoms with van der Waals surface area (Å²) in [5.41, 5.74) is 0. The minimum absolute atomic E-state index is 0. The summed E-state index contributed by atoms with van der Waals surface area (Å²) in [7, 11) is 0. The van der Waals surface area contributed by atoms with Crippen LogP contribution in [-0.4, -0.2) is 18.4 Å². The van der Waals surface area contributed by atoms with Crippen molar-refractivity contribution in [3.8, 4) is 0 Å². The van der Waals surface area contributed by atoms with Gasteiger partial charge >= 0.3 is 0 Å². The van der Waals surface area contributed by atoms with Gasteiger partial charge in [0.2, 0.25) is 0 Å². The molecule has 2 rings (SSSR count). The zero-order chi connectivity index (χ0) is 9.97. The van der Waals surface area contributed by atoms with Crippen LogP contribution in [0.4, 0.5) is 0 Å². The van der Waals surface area contributed by atoms with Crippen LogP contribution in [0.5, 0.6) is 0 Å². The lowest BCUT2D eigenvalue weighted by molar-refractivity contribution is -0.118. The molecule has 1 saturated heterocycles. The number of Topliss-reactive ketones (excluding diaryl/α,β-unsaturated/α-hetero) is 1. The van der Waals surface area contributed by atoms with E-state index in [9.17, 15) is 4.79 Å². The van der Waals surface area contributed by atoms with E-state index < -0.39 is 0 Å². The Kier molecular flexibility index (Phi) is 7.77. The molecule has 2 atom stereocenters. The summed E-state index contributed by atoms with van der Waals surface area (Å²) in [6, 6.07) is 0.168. The van der Waals surface area contributed by atoms with Gasteiger partial charge in [0.05, 0.1) is 6.04 Å². The van der Waals surface area contributed by atoms with Crippen LogP contribution in [0, 0.1) is 11.8 Å². The third-order valence-corrected chi connectivity index (χ3v) is 3.97. The zero-order valence-corrected chi connectivity index (χ0v) is 12.1. The lowest BCUT2D eigenvalue weighted by atomic mass is 9.79. The minimum Gasteiger partial charge on any atom is -0.307 e. The van der Waals surface area contributed by atoms with Gasteiger partial charge in [0.1, 0.15) is 5.78 Å². The molecule has 0 aromatic rings. The maximum atomic E-state index is 11.2. The highest BCUT2D eigenvalue weighted by molar-refractivity contribution is 7.59. The molecule has 1 saturated carbocycles. The van der Waals surface area contributed by atoms with Gasteiger partial charge in [-0.1, -0.05) is 32.1 Å². The van der Waals surface area contributed by atoms with Crippen LogP contribution >= 0.6 is 27.0 Å². The van der Waals surface area contributed by atoms with Gasteiger partial charge in [-0.2, -0.15) is 27.0 Å². The molecular weight excluding hydrogens is 238 g/mol. The molecule has 0 amide bonds. The van der Waals surface area contributed by atoms with Gasteiger partial charge < -0.3 is 5.32 Å². The predicted molar refractivity (Wildman–Crippen MR) is 77.9 cm³/mol. The lowest BCUT2D eigenvalue weighted by Crippen LogP contribution is -2.28. The molecule has 0 spiro atoms. The SMILES string of the molecule is CC(=O)[C@@H]1C[C@@H](C2CCCCC2)CN1.S.S. The van der Waals surface area contributed by atoms with Crippen molar-refractivity contribution < 1.29 is 4.79 Å². The van der Waals surface area contributed by atoms with Gasteiger partial charge in [0.15, 0.2) is 0 Å². The van der Waals surface area contributed by atoms with E-state index in [1.807, 2.05) is 0 Å². The molecular formula is C12H25NOS2. The molecule has 0 aromatic heterocycles. The first-order chi connectivity index (χ1) is 6.77. The summed E-state index contributed by atoms with van der Waals surface area (Å²) in [5.74, 6) is 2.01. The zero-order valence-electron chi connectivity index (χ0n) is 10.1. The Balaban J connectivity index is 0.00000112. The molecule has 0 aromatic carbocycles. The van der Waals surface area contributed by atoms with Crippen molar-refractivity contribution in [2.45, 2.75) is 51.5 Å². The standard InChI is InChI=1S/C12H21NO.2H2S/c1-9(14)12-7-11(8-13-12)10-5-3-2-4-6-10;;/h10-13H,2-8H2,1H3;2*1H2/t11-,12+;;/m1../s1. The van der Waals surface area contributed by atoms with Gasteiger partial charge in [-0.05, 0) is 31.7 Å². The summed E-state index contributed by atoms with van der Waals surface area (Å²) in [4.78, 5) is 11.2. The molecule has 1 aliphatic heterocycles. The van der Waals surface area contributed by atoms with Crippen LogP contribution in [0.1, 0.15) is 45.4 Å². The third-order valence-electron chi connectivity index (χ3n) is 3.97. The van der Waals surface area contributed by atoms with Crippen LogP contribution in [0.3, 0.4) is 0 Å². The number of ketones is 1. The summed E-state index contributed by atoms with van der Waals surface area (Å²) in [6.07, 6.45) is 8.14. The van der Waals surface area contributed by atoms with Crippen LogP contribution in [0.15, 0.2) is 0 Å². The molecule has 2 aliphatic rings. The number of nitrogens with one attached hydrogen (secondary N) is 1. The molecule has 0 radical (unpaired) electrons. The number of hydrogen-bond donors (Lipinski definition) is 1. The number of rotatable bonds is 2. The van der Waals surface area contributed by atoms with E-state index in [0.717, 1.165) is 24.8 Å². The fraction of sp³-hybridized carbons (Fsp3) is 0.917. The maximum absolute atomic E-state index is 11.2. The van der Waals surface area contributed by atoms with Gasteiger partial charge in [-0.3, -0.25) is 4.79 Å². The molecule has 0 unspecified atom stereocenters. The molecule has 96 valence electrons. The molecule has 4 heteroatoms. The van der Waals surface area contributed by atoms with E-state index in [1.54, 1.807) is 6.92 Å². The third kappa shape index (κ3) is 3.97. The smallest absolute Gasteiger partial charge is 0.146 e.